The molecule has 0 aliphatic carbocycles. The SMILES string of the molecule is Cc1cccc(C(=O)N(c2ccc(F)cc2)C2CCN(Cc3cccnc3)CC2)c1. The fourth-order valence-corrected chi connectivity index (χ4v) is 4.10. The summed E-state index contributed by atoms with van der Waals surface area (Å²) in [4.78, 5) is 21.9. The minimum Gasteiger partial charge on any atom is -0.305 e. The highest BCUT2D eigenvalue weighted by Gasteiger charge is 2.30. The molecule has 1 aliphatic rings. The molecule has 0 radical (unpaired) electrons. The Kier molecular flexibility index (Phi) is 6.19. The van der Waals surface area contributed by atoms with E-state index in [4.69, 9.17) is 0 Å². The highest BCUT2D eigenvalue weighted by Crippen LogP contribution is 2.27. The van der Waals surface area contributed by atoms with Gasteiger partial charge in [-0.15, -0.1) is 0 Å². The zero-order chi connectivity index (χ0) is 20.9. The van der Waals surface area contributed by atoms with Gasteiger partial charge in [-0.25, -0.2) is 4.39 Å². The number of piperidine rings is 1. The standard InChI is InChI=1S/C25H26FN3O/c1-19-4-2-6-21(16-19)25(30)29(23-9-7-22(26)8-10-23)24-11-14-28(15-12-24)18-20-5-3-13-27-17-20/h2-10,13,16-17,24H,11-12,14-15,18H2,1H3. The predicted octanol–water partition coefficient (Wildman–Crippen LogP) is 4.84. The van der Waals surface area contributed by atoms with Gasteiger partial charge in [-0.1, -0.05) is 23.8 Å². The Balaban J connectivity index is 1.53. The van der Waals surface area contributed by atoms with Crippen LogP contribution in [-0.2, 0) is 6.54 Å². The summed E-state index contributed by atoms with van der Waals surface area (Å²) in [5, 5.41) is 0. The summed E-state index contributed by atoms with van der Waals surface area (Å²) in [5.74, 6) is -0.330. The van der Waals surface area contributed by atoms with Crippen molar-refractivity contribution in [2.45, 2.75) is 32.4 Å². The maximum Gasteiger partial charge on any atom is 0.258 e. The zero-order valence-corrected chi connectivity index (χ0v) is 17.2. The molecule has 30 heavy (non-hydrogen) atoms. The molecule has 0 spiro atoms. The monoisotopic (exact) mass is 403 g/mol. The van der Waals surface area contributed by atoms with Crippen LogP contribution in [0, 0.1) is 12.7 Å². The lowest BCUT2D eigenvalue weighted by Gasteiger charge is -2.38. The summed E-state index contributed by atoms with van der Waals surface area (Å²) in [6.07, 6.45) is 5.43. The highest BCUT2D eigenvalue weighted by molar-refractivity contribution is 6.06. The molecule has 1 aromatic heterocycles. The van der Waals surface area contributed by atoms with Gasteiger partial charge in [0.05, 0.1) is 0 Å². The van der Waals surface area contributed by atoms with Crippen LogP contribution in [0.1, 0.15) is 34.3 Å². The van der Waals surface area contributed by atoms with Crippen molar-refractivity contribution in [3.8, 4) is 0 Å². The number of amides is 1. The van der Waals surface area contributed by atoms with E-state index in [1.165, 1.54) is 17.7 Å². The van der Waals surface area contributed by atoms with Gasteiger partial charge in [-0.2, -0.15) is 0 Å². The molecule has 0 atom stereocenters. The van der Waals surface area contributed by atoms with Crippen molar-refractivity contribution in [2.24, 2.45) is 0 Å². The molecule has 3 aromatic rings. The van der Waals surface area contributed by atoms with Crippen molar-refractivity contribution in [3.63, 3.8) is 0 Å². The predicted molar refractivity (Wildman–Crippen MR) is 117 cm³/mol. The van der Waals surface area contributed by atoms with Gasteiger partial charge in [0, 0.05) is 49.3 Å². The lowest BCUT2D eigenvalue weighted by molar-refractivity contribution is 0.0958. The van der Waals surface area contributed by atoms with Gasteiger partial charge in [0.15, 0.2) is 0 Å². The van der Waals surface area contributed by atoms with Crippen molar-refractivity contribution in [1.82, 2.24) is 9.88 Å². The number of aromatic nitrogens is 1. The molecule has 1 saturated heterocycles. The van der Waals surface area contributed by atoms with Crippen LogP contribution in [-0.4, -0.2) is 34.9 Å². The maximum atomic E-state index is 13.5. The van der Waals surface area contributed by atoms with Gasteiger partial charge in [0.1, 0.15) is 5.82 Å². The van der Waals surface area contributed by atoms with E-state index in [1.807, 2.05) is 48.4 Å². The minimum absolute atomic E-state index is 0.0315. The molecule has 5 heteroatoms. The third-order valence-corrected chi connectivity index (χ3v) is 5.64. The number of anilines is 1. The normalized spacial score (nSPS) is 15.1. The summed E-state index contributed by atoms with van der Waals surface area (Å²) in [7, 11) is 0. The third kappa shape index (κ3) is 4.74. The number of likely N-dealkylation sites (tertiary alicyclic amines) is 1. The van der Waals surface area contributed by atoms with Gasteiger partial charge in [-0.3, -0.25) is 14.7 Å². The summed E-state index contributed by atoms with van der Waals surface area (Å²) in [5.41, 5.74) is 3.65. The van der Waals surface area contributed by atoms with E-state index in [1.54, 1.807) is 18.3 Å². The average molecular weight is 404 g/mol. The Bertz CT molecular complexity index is 983. The molecule has 0 unspecified atom stereocenters. The van der Waals surface area contributed by atoms with E-state index in [0.717, 1.165) is 43.7 Å². The number of rotatable bonds is 5. The quantitative estimate of drug-likeness (QED) is 0.612. The largest absolute Gasteiger partial charge is 0.305 e. The van der Waals surface area contributed by atoms with Crippen LogP contribution in [0.3, 0.4) is 0 Å². The fourth-order valence-electron chi connectivity index (χ4n) is 4.10. The Hall–Kier alpha value is -3.05. The number of nitrogens with zero attached hydrogens (tertiary/aromatic N) is 3. The zero-order valence-electron chi connectivity index (χ0n) is 17.2. The van der Waals surface area contributed by atoms with E-state index in [9.17, 15) is 9.18 Å². The van der Waals surface area contributed by atoms with Gasteiger partial charge < -0.3 is 4.90 Å². The van der Waals surface area contributed by atoms with Gasteiger partial charge in [-0.05, 0) is 67.8 Å². The molecule has 0 bridgehead atoms. The second kappa shape index (κ2) is 9.18. The minimum atomic E-state index is -0.298. The van der Waals surface area contributed by atoms with Gasteiger partial charge >= 0.3 is 0 Å². The first-order chi connectivity index (χ1) is 14.6. The molecular formula is C25H26FN3O. The highest BCUT2D eigenvalue weighted by atomic mass is 19.1. The first-order valence-electron chi connectivity index (χ1n) is 10.4. The van der Waals surface area contributed by atoms with Crippen LogP contribution in [0.4, 0.5) is 10.1 Å². The van der Waals surface area contributed by atoms with Gasteiger partial charge in [0.25, 0.3) is 5.91 Å². The Labute approximate surface area is 177 Å². The smallest absolute Gasteiger partial charge is 0.258 e. The number of pyridine rings is 1. The Morgan fingerprint density at radius 3 is 2.53 bits per heavy atom. The third-order valence-electron chi connectivity index (χ3n) is 5.64. The molecule has 2 heterocycles. The number of halogens is 1. The molecule has 0 N–H and O–H groups in total. The molecule has 4 nitrogen and oxygen atoms in total. The topological polar surface area (TPSA) is 36.4 Å². The summed E-state index contributed by atoms with van der Waals surface area (Å²) >= 11 is 0. The van der Waals surface area contributed by atoms with E-state index in [2.05, 4.69) is 16.0 Å². The van der Waals surface area contributed by atoms with Crippen molar-refractivity contribution >= 4 is 11.6 Å². The molecule has 154 valence electrons. The number of hydrogen-bond donors (Lipinski definition) is 0. The van der Waals surface area contributed by atoms with Crippen LogP contribution >= 0.6 is 0 Å². The first-order valence-corrected chi connectivity index (χ1v) is 10.4. The maximum absolute atomic E-state index is 13.5. The van der Waals surface area contributed by atoms with Crippen molar-refractivity contribution < 1.29 is 9.18 Å². The number of hydrogen-bond acceptors (Lipinski definition) is 3. The Morgan fingerprint density at radius 2 is 1.87 bits per heavy atom. The second-order valence-electron chi connectivity index (χ2n) is 7.89. The lowest BCUT2D eigenvalue weighted by Crippen LogP contribution is -2.47. The first kappa shape index (κ1) is 20.2. The van der Waals surface area contributed by atoms with E-state index in [-0.39, 0.29) is 17.8 Å². The van der Waals surface area contributed by atoms with Crippen LogP contribution in [0.5, 0.6) is 0 Å². The molecular weight excluding hydrogens is 377 g/mol. The van der Waals surface area contributed by atoms with Crippen molar-refractivity contribution in [2.75, 3.05) is 18.0 Å². The number of aryl methyl sites for hydroxylation is 1. The van der Waals surface area contributed by atoms with Crippen LogP contribution < -0.4 is 4.90 Å². The summed E-state index contributed by atoms with van der Waals surface area (Å²) in [6, 6.07) is 18.0. The average Bonchev–Trinajstić information content (AvgIpc) is 2.77. The molecule has 1 aliphatic heterocycles. The van der Waals surface area contributed by atoms with Crippen LogP contribution in [0.15, 0.2) is 73.1 Å². The van der Waals surface area contributed by atoms with E-state index < -0.39 is 0 Å². The molecule has 4 rings (SSSR count). The van der Waals surface area contributed by atoms with E-state index in [0.29, 0.717) is 5.56 Å². The lowest BCUT2D eigenvalue weighted by atomic mass is 10.00. The molecule has 2 aromatic carbocycles. The Morgan fingerprint density at radius 1 is 1.10 bits per heavy atom. The molecule has 1 amide bonds. The van der Waals surface area contributed by atoms with Gasteiger partial charge in [0.2, 0.25) is 0 Å². The van der Waals surface area contributed by atoms with E-state index >= 15 is 0 Å². The van der Waals surface area contributed by atoms with Crippen molar-refractivity contribution in [1.29, 1.82) is 0 Å². The second-order valence-corrected chi connectivity index (χ2v) is 7.89. The summed E-state index contributed by atoms with van der Waals surface area (Å²) in [6.45, 7) is 4.65. The number of carbonyl (C=O) groups excluding carboxylic acids is 1. The summed E-state index contributed by atoms with van der Waals surface area (Å²) < 4.78 is 13.5. The molecule has 1 fully saturated rings. The van der Waals surface area contributed by atoms with Crippen LogP contribution in [0.25, 0.3) is 0 Å². The molecule has 0 saturated carbocycles. The van der Waals surface area contributed by atoms with Crippen LogP contribution in [0.2, 0.25) is 0 Å². The fraction of sp³-hybridized carbons (Fsp3) is 0.280. The van der Waals surface area contributed by atoms with Crippen molar-refractivity contribution in [3.05, 3.63) is 95.6 Å². The number of benzene rings is 2. The number of carbonyl (C=O) groups is 1.